The van der Waals surface area contributed by atoms with Gasteiger partial charge < -0.3 is 5.11 Å². The first kappa shape index (κ1) is 12.6. The van der Waals surface area contributed by atoms with E-state index < -0.39 is 0 Å². The van der Waals surface area contributed by atoms with Gasteiger partial charge in [0.25, 0.3) is 0 Å². The standard InChI is InChI=1S/C16H9ClN2OS/c17-12-7-6-11-9-18-19-15(20)14(10-4-2-1-3-5-10)21-16(19)13(11)8-12/h1-9H/p+1. The van der Waals surface area contributed by atoms with E-state index in [-0.39, 0.29) is 5.88 Å². The summed E-state index contributed by atoms with van der Waals surface area (Å²) in [6.45, 7) is 0. The van der Waals surface area contributed by atoms with Gasteiger partial charge in [-0.05, 0) is 12.1 Å². The van der Waals surface area contributed by atoms with Crippen LogP contribution in [0.25, 0.3) is 26.0 Å². The summed E-state index contributed by atoms with van der Waals surface area (Å²) >= 11 is 7.60. The molecular formula is C16H10ClN2OS+. The van der Waals surface area contributed by atoms with E-state index in [1.54, 1.807) is 10.7 Å². The van der Waals surface area contributed by atoms with Gasteiger partial charge in [-0.1, -0.05) is 59.3 Å². The van der Waals surface area contributed by atoms with Crippen LogP contribution in [0.4, 0.5) is 0 Å². The summed E-state index contributed by atoms with van der Waals surface area (Å²) in [4.78, 5) is 1.68. The zero-order valence-electron chi connectivity index (χ0n) is 10.8. The van der Waals surface area contributed by atoms with Gasteiger partial charge in [-0.2, -0.15) is 0 Å². The van der Waals surface area contributed by atoms with Crippen molar-refractivity contribution in [1.29, 1.82) is 0 Å². The molecule has 5 heteroatoms. The molecule has 2 aromatic heterocycles. The van der Waals surface area contributed by atoms with Crippen molar-refractivity contribution in [2.75, 3.05) is 0 Å². The van der Waals surface area contributed by atoms with Crippen molar-refractivity contribution in [3.8, 4) is 16.3 Å². The SMILES string of the molecule is Oc1c(-c2ccccc2)sc2c3cc(Cl)ccc3cn[n+]12. The van der Waals surface area contributed by atoms with Crippen LogP contribution in [0.3, 0.4) is 0 Å². The third-order valence-corrected chi connectivity index (χ3v) is 4.83. The molecule has 3 nitrogen and oxygen atoms in total. The van der Waals surface area contributed by atoms with Crippen molar-refractivity contribution in [3.63, 3.8) is 0 Å². The predicted molar refractivity (Wildman–Crippen MR) is 84.9 cm³/mol. The minimum absolute atomic E-state index is 0.156. The van der Waals surface area contributed by atoms with E-state index in [4.69, 9.17) is 11.6 Å². The quantitative estimate of drug-likeness (QED) is 0.538. The number of aromatic nitrogens is 2. The van der Waals surface area contributed by atoms with Crippen molar-refractivity contribution in [2.24, 2.45) is 0 Å². The van der Waals surface area contributed by atoms with Crippen molar-refractivity contribution in [3.05, 3.63) is 59.8 Å². The average Bonchev–Trinajstić information content (AvgIpc) is 2.86. The molecule has 102 valence electrons. The highest BCUT2D eigenvalue weighted by Crippen LogP contribution is 2.36. The summed E-state index contributed by atoms with van der Waals surface area (Å²) in [6, 6.07) is 15.5. The summed E-state index contributed by atoms with van der Waals surface area (Å²) in [5.41, 5.74) is 0.973. The van der Waals surface area contributed by atoms with Gasteiger partial charge in [0, 0.05) is 25.6 Å². The lowest BCUT2D eigenvalue weighted by Crippen LogP contribution is -2.23. The van der Waals surface area contributed by atoms with Gasteiger partial charge in [0.2, 0.25) is 0 Å². The number of aromatic hydroxyl groups is 1. The molecule has 2 aromatic carbocycles. The van der Waals surface area contributed by atoms with Crippen LogP contribution < -0.4 is 4.52 Å². The van der Waals surface area contributed by atoms with Crippen molar-refractivity contribution in [1.82, 2.24) is 5.10 Å². The Balaban J connectivity index is 2.10. The lowest BCUT2D eigenvalue weighted by atomic mass is 10.2. The maximum Gasteiger partial charge on any atom is 0.416 e. The lowest BCUT2D eigenvalue weighted by molar-refractivity contribution is -0.583. The third-order valence-electron chi connectivity index (χ3n) is 3.39. The average molecular weight is 314 g/mol. The number of hydrogen-bond acceptors (Lipinski definition) is 3. The molecular weight excluding hydrogens is 304 g/mol. The van der Waals surface area contributed by atoms with Crippen LogP contribution in [0.15, 0.2) is 54.7 Å². The molecule has 4 aromatic rings. The van der Waals surface area contributed by atoms with Gasteiger partial charge in [-0.3, -0.25) is 0 Å². The first-order chi connectivity index (χ1) is 10.2. The second-order valence-electron chi connectivity index (χ2n) is 4.71. The first-order valence-electron chi connectivity index (χ1n) is 6.41. The summed E-state index contributed by atoms with van der Waals surface area (Å²) in [7, 11) is 0. The number of thiazole rings is 1. The Morgan fingerprint density at radius 2 is 1.90 bits per heavy atom. The summed E-state index contributed by atoms with van der Waals surface area (Å²) in [5, 5.41) is 17.4. The van der Waals surface area contributed by atoms with E-state index in [0.29, 0.717) is 5.02 Å². The number of fused-ring (bicyclic) bond motifs is 3. The number of rotatable bonds is 1. The molecule has 0 amide bonds. The van der Waals surface area contributed by atoms with E-state index in [2.05, 4.69) is 5.10 Å². The van der Waals surface area contributed by atoms with Gasteiger partial charge in [-0.15, -0.1) is 0 Å². The smallest absolute Gasteiger partial charge is 0.416 e. The Morgan fingerprint density at radius 1 is 1.10 bits per heavy atom. The second kappa shape index (κ2) is 4.69. The largest absolute Gasteiger partial charge is 0.457 e. The van der Waals surface area contributed by atoms with Crippen LogP contribution in [-0.2, 0) is 0 Å². The molecule has 4 rings (SSSR count). The molecule has 0 radical (unpaired) electrons. The number of hydrogen-bond donors (Lipinski definition) is 1. The normalized spacial score (nSPS) is 11.3. The Morgan fingerprint density at radius 3 is 2.71 bits per heavy atom. The minimum atomic E-state index is 0.156. The molecule has 0 unspecified atom stereocenters. The fourth-order valence-corrected chi connectivity index (χ4v) is 3.68. The van der Waals surface area contributed by atoms with Crippen molar-refractivity contribution < 1.29 is 9.62 Å². The molecule has 0 spiro atoms. The zero-order valence-corrected chi connectivity index (χ0v) is 12.4. The molecule has 0 saturated carbocycles. The van der Waals surface area contributed by atoms with Gasteiger partial charge >= 0.3 is 10.7 Å². The monoisotopic (exact) mass is 313 g/mol. The van der Waals surface area contributed by atoms with E-state index in [9.17, 15) is 5.11 Å². The molecule has 2 heterocycles. The Hall–Kier alpha value is -2.17. The maximum atomic E-state index is 10.4. The fourth-order valence-electron chi connectivity index (χ4n) is 2.38. The Labute approximate surface area is 129 Å². The van der Waals surface area contributed by atoms with Crippen LogP contribution in [0.2, 0.25) is 5.02 Å². The highest BCUT2D eigenvalue weighted by Gasteiger charge is 2.25. The minimum Gasteiger partial charge on any atom is -0.457 e. The summed E-state index contributed by atoms with van der Waals surface area (Å²) in [5.74, 6) is 0.156. The van der Waals surface area contributed by atoms with Crippen LogP contribution in [-0.4, -0.2) is 10.2 Å². The van der Waals surface area contributed by atoms with Crippen LogP contribution in [0.5, 0.6) is 5.88 Å². The van der Waals surface area contributed by atoms with Crippen molar-refractivity contribution >= 4 is 38.5 Å². The number of benzene rings is 2. The van der Waals surface area contributed by atoms with Gasteiger partial charge in [0.05, 0.1) is 5.39 Å². The van der Waals surface area contributed by atoms with Gasteiger partial charge in [0.1, 0.15) is 6.20 Å². The van der Waals surface area contributed by atoms with Crippen LogP contribution in [0, 0.1) is 0 Å². The first-order valence-corrected chi connectivity index (χ1v) is 7.61. The molecule has 0 aliphatic rings. The molecule has 0 bridgehead atoms. The molecule has 1 N–H and O–H groups in total. The highest BCUT2D eigenvalue weighted by atomic mass is 35.5. The number of nitrogens with zero attached hydrogens (tertiary/aromatic N) is 2. The highest BCUT2D eigenvalue weighted by molar-refractivity contribution is 7.21. The topological polar surface area (TPSA) is 37.2 Å². The second-order valence-corrected chi connectivity index (χ2v) is 6.15. The zero-order chi connectivity index (χ0) is 14.4. The van der Waals surface area contributed by atoms with E-state index in [0.717, 1.165) is 26.0 Å². The maximum absolute atomic E-state index is 10.4. The summed E-state index contributed by atoms with van der Waals surface area (Å²) < 4.78 is 1.56. The molecule has 0 saturated heterocycles. The Bertz CT molecular complexity index is 966. The van der Waals surface area contributed by atoms with E-state index in [1.165, 1.54) is 11.3 Å². The van der Waals surface area contributed by atoms with Crippen LogP contribution in [0.1, 0.15) is 0 Å². The summed E-state index contributed by atoms with van der Waals surface area (Å²) in [6.07, 6.45) is 1.74. The van der Waals surface area contributed by atoms with Gasteiger partial charge in [-0.25, -0.2) is 0 Å². The van der Waals surface area contributed by atoms with E-state index in [1.807, 2.05) is 48.5 Å². The molecule has 0 fully saturated rings. The third kappa shape index (κ3) is 1.95. The van der Waals surface area contributed by atoms with Gasteiger partial charge in [0.15, 0.2) is 4.88 Å². The number of halogens is 1. The molecule has 0 atom stereocenters. The predicted octanol–water partition coefficient (Wildman–Crippen LogP) is 4.06. The van der Waals surface area contributed by atoms with Crippen LogP contribution >= 0.6 is 22.9 Å². The molecule has 0 aliphatic heterocycles. The Kier molecular flexibility index (Phi) is 2.80. The lowest BCUT2D eigenvalue weighted by Gasteiger charge is -1.93. The molecule has 21 heavy (non-hydrogen) atoms. The van der Waals surface area contributed by atoms with E-state index >= 15 is 0 Å². The molecule has 0 aliphatic carbocycles. The van der Waals surface area contributed by atoms with Crippen molar-refractivity contribution in [2.45, 2.75) is 0 Å². The fraction of sp³-hybridized carbons (Fsp3) is 0.